The molecule has 0 aliphatic rings. The maximum absolute atomic E-state index is 13.6. The van der Waals surface area contributed by atoms with Crippen molar-refractivity contribution in [1.82, 2.24) is 0 Å². The lowest BCUT2D eigenvalue weighted by Gasteiger charge is -2.14. The summed E-state index contributed by atoms with van der Waals surface area (Å²) in [5.41, 5.74) is 0.364. The molecule has 5 heteroatoms. The van der Waals surface area contributed by atoms with Gasteiger partial charge in [0.15, 0.2) is 0 Å². The largest absolute Gasteiger partial charge is 0.497 e. The second-order valence-electron chi connectivity index (χ2n) is 4.26. The summed E-state index contributed by atoms with van der Waals surface area (Å²) in [5.74, 6) is -0.464. The minimum absolute atomic E-state index is 0.00891. The van der Waals surface area contributed by atoms with Gasteiger partial charge in [-0.3, -0.25) is 0 Å². The predicted octanol–water partition coefficient (Wildman–Crippen LogP) is 3.12. The minimum Gasteiger partial charge on any atom is -0.497 e. The van der Waals surface area contributed by atoms with E-state index in [1.54, 1.807) is 12.1 Å². The molecule has 1 unspecified atom stereocenters. The summed E-state index contributed by atoms with van der Waals surface area (Å²) in [7, 11) is 1.48. The Balaban J connectivity index is 2.07. The van der Waals surface area contributed by atoms with Gasteiger partial charge in [0.25, 0.3) is 0 Å². The van der Waals surface area contributed by atoms with Crippen molar-refractivity contribution in [3.8, 4) is 5.75 Å². The summed E-state index contributed by atoms with van der Waals surface area (Å²) in [6.45, 7) is -0.00891. The average molecular weight is 279 g/mol. The third-order valence-corrected chi connectivity index (χ3v) is 2.92. The summed E-state index contributed by atoms with van der Waals surface area (Å²) in [6, 6.07) is 10.2. The third kappa shape index (κ3) is 3.24. The van der Waals surface area contributed by atoms with Crippen LogP contribution in [-0.4, -0.2) is 18.8 Å². The number of anilines is 1. The Labute approximate surface area is 115 Å². The van der Waals surface area contributed by atoms with Gasteiger partial charge in [0.05, 0.1) is 18.9 Å². The molecule has 0 amide bonds. The van der Waals surface area contributed by atoms with Crippen LogP contribution in [0.25, 0.3) is 0 Å². The maximum Gasteiger partial charge on any atom is 0.146 e. The van der Waals surface area contributed by atoms with Crippen molar-refractivity contribution < 1.29 is 18.6 Å². The van der Waals surface area contributed by atoms with E-state index in [2.05, 4.69) is 5.32 Å². The van der Waals surface area contributed by atoms with Crippen LogP contribution in [0.1, 0.15) is 11.7 Å². The molecule has 0 aliphatic carbocycles. The average Bonchev–Trinajstić information content (AvgIpc) is 2.46. The van der Waals surface area contributed by atoms with Gasteiger partial charge in [-0.1, -0.05) is 18.2 Å². The van der Waals surface area contributed by atoms with E-state index in [1.807, 2.05) is 0 Å². The van der Waals surface area contributed by atoms with Crippen molar-refractivity contribution in [2.75, 3.05) is 19.0 Å². The molecule has 0 heterocycles. The fraction of sp³-hybridized carbons (Fsp3) is 0.200. The van der Waals surface area contributed by atoms with Crippen molar-refractivity contribution in [2.45, 2.75) is 6.10 Å². The van der Waals surface area contributed by atoms with E-state index in [0.29, 0.717) is 5.75 Å². The molecule has 0 radical (unpaired) electrons. The molecule has 3 nitrogen and oxygen atoms in total. The molecule has 0 aliphatic heterocycles. The summed E-state index contributed by atoms with van der Waals surface area (Å²) >= 11 is 0. The van der Waals surface area contributed by atoms with Crippen molar-refractivity contribution in [2.24, 2.45) is 0 Å². The molecule has 0 fully saturated rings. The lowest BCUT2D eigenvalue weighted by molar-refractivity contribution is 0.186. The normalized spacial score (nSPS) is 12.0. The first kappa shape index (κ1) is 14.3. The van der Waals surface area contributed by atoms with Crippen molar-refractivity contribution >= 4 is 5.69 Å². The van der Waals surface area contributed by atoms with E-state index >= 15 is 0 Å². The Morgan fingerprint density at radius 2 is 1.90 bits per heavy atom. The monoisotopic (exact) mass is 279 g/mol. The number of halogens is 2. The fourth-order valence-electron chi connectivity index (χ4n) is 1.83. The molecule has 1 atom stereocenters. The molecule has 0 spiro atoms. The number of rotatable bonds is 5. The number of methoxy groups -OCH3 is 1. The van der Waals surface area contributed by atoms with Gasteiger partial charge < -0.3 is 15.2 Å². The van der Waals surface area contributed by atoms with Crippen LogP contribution in [0.15, 0.2) is 42.5 Å². The highest BCUT2D eigenvalue weighted by atomic mass is 19.1. The number of aliphatic hydroxyl groups is 1. The lowest BCUT2D eigenvalue weighted by atomic mass is 10.1. The number of hydrogen-bond acceptors (Lipinski definition) is 3. The van der Waals surface area contributed by atoms with Crippen LogP contribution >= 0.6 is 0 Å². The Bertz CT molecular complexity index is 590. The summed E-state index contributed by atoms with van der Waals surface area (Å²) in [5, 5.41) is 12.7. The number of benzene rings is 2. The molecule has 0 saturated carbocycles. The number of ether oxygens (including phenoxy) is 1. The van der Waals surface area contributed by atoms with Gasteiger partial charge in [0.2, 0.25) is 0 Å². The topological polar surface area (TPSA) is 41.5 Å². The van der Waals surface area contributed by atoms with E-state index in [4.69, 9.17) is 4.74 Å². The first-order chi connectivity index (χ1) is 9.61. The summed E-state index contributed by atoms with van der Waals surface area (Å²) in [6.07, 6.45) is -1.07. The van der Waals surface area contributed by atoms with Gasteiger partial charge in [0, 0.05) is 18.2 Å². The van der Waals surface area contributed by atoms with Crippen molar-refractivity contribution in [3.63, 3.8) is 0 Å². The van der Waals surface area contributed by atoms with Crippen LogP contribution < -0.4 is 10.1 Å². The standard InChI is InChI=1S/C15H15F2NO2/c1-20-10-6-7-13(17)14(8-10)18-9-15(19)11-4-2-3-5-12(11)16/h2-8,15,18-19H,9H2,1H3. The van der Waals surface area contributed by atoms with Gasteiger partial charge in [-0.05, 0) is 18.2 Å². The van der Waals surface area contributed by atoms with Gasteiger partial charge in [0.1, 0.15) is 17.4 Å². The van der Waals surface area contributed by atoms with Gasteiger partial charge >= 0.3 is 0 Å². The maximum atomic E-state index is 13.6. The highest BCUT2D eigenvalue weighted by molar-refractivity contribution is 5.49. The lowest BCUT2D eigenvalue weighted by Crippen LogP contribution is -2.14. The van der Waals surface area contributed by atoms with Crippen molar-refractivity contribution in [3.05, 3.63) is 59.7 Å². The summed E-state index contributed by atoms with van der Waals surface area (Å²) < 4.78 is 32.0. The molecule has 0 bridgehead atoms. The van der Waals surface area contributed by atoms with Gasteiger partial charge in [-0.25, -0.2) is 8.78 Å². The van der Waals surface area contributed by atoms with Gasteiger partial charge in [-0.2, -0.15) is 0 Å². The zero-order chi connectivity index (χ0) is 14.5. The fourth-order valence-corrected chi connectivity index (χ4v) is 1.83. The molecule has 20 heavy (non-hydrogen) atoms. The SMILES string of the molecule is COc1ccc(F)c(NCC(O)c2ccccc2F)c1. The number of hydrogen-bond donors (Lipinski definition) is 2. The third-order valence-electron chi connectivity index (χ3n) is 2.92. The van der Waals surface area contributed by atoms with Crippen LogP contribution in [-0.2, 0) is 0 Å². The molecule has 2 aromatic carbocycles. The first-order valence-electron chi connectivity index (χ1n) is 6.11. The quantitative estimate of drug-likeness (QED) is 0.883. The number of nitrogens with one attached hydrogen (secondary N) is 1. The van der Waals surface area contributed by atoms with Crippen LogP contribution in [0.4, 0.5) is 14.5 Å². The molecule has 2 rings (SSSR count). The Morgan fingerprint density at radius 3 is 2.60 bits per heavy atom. The highest BCUT2D eigenvalue weighted by Crippen LogP contribution is 2.23. The molecular formula is C15H15F2NO2. The van der Waals surface area contributed by atoms with Gasteiger partial charge in [-0.15, -0.1) is 0 Å². The molecule has 0 aromatic heterocycles. The Hall–Kier alpha value is -2.14. The van der Waals surface area contributed by atoms with E-state index < -0.39 is 17.7 Å². The highest BCUT2D eigenvalue weighted by Gasteiger charge is 2.13. The smallest absolute Gasteiger partial charge is 0.146 e. The van der Waals surface area contributed by atoms with E-state index in [1.165, 1.54) is 37.4 Å². The predicted molar refractivity (Wildman–Crippen MR) is 72.8 cm³/mol. The zero-order valence-corrected chi connectivity index (χ0v) is 10.9. The molecule has 0 saturated heterocycles. The second-order valence-corrected chi connectivity index (χ2v) is 4.26. The number of aliphatic hydroxyl groups excluding tert-OH is 1. The van der Waals surface area contributed by atoms with Crippen molar-refractivity contribution in [1.29, 1.82) is 0 Å². The Kier molecular flexibility index (Phi) is 4.53. The molecular weight excluding hydrogens is 264 g/mol. The molecule has 2 N–H and O–H groups in total. The summed E-state index contributed by atoms with van der Waals surface area (Å²) in [4.78, 5) is 0. The first-order valence-corrected chi connectivity index (χ1v) is 6.11. The molecule has 106 valence electrons. The second kappa shape index (κ2) is 6.34. The van der Waals surface area contributed by atoms with Crippen LogP contribution in [0, 0.1) is 11.6 Å². The van der Waals surface area contributed by atoms with E-state index in [0.717, 1.165) is 0 Å². The van der Waals surface area contributed by atoms with E-state index in [9.17, 15) is 13.9 Å². The van der Waals surface area contributed by atoms with E-state index in [-0.39, 0.29) is 17.8 Å². The Morgan fingerprint density at radius 1 is 1.15 bits per heavy atom. The van der Waals surface area contributed by atoms with Crippen LogP contribution in [0.3, 0.4) is 0 Å². The van der Waals surface area contributed by atoms with Crippen LogP contribution in [0.5, 0.6) is 5.75 Å². The minimum atomic E-state index is -1.07. The molecule has 2 aromatic rings. The zero-order valence-electron chi connectivity index (χ0n) is 10.9. The van der Waals surface area contributed by atoms with Crippen LogP contribution in [0.2, 0.25) is 0 Å².